The third-order valence-electron chi connectivity index (χ3n) is 6.42. The maximum atomic E-state index is 13.3. The molecule has 176 valence electrons. The Hall–Kier alpha value is -3.69. The van der Waals surface area contributed by atoms with Gasteiger partial charge in [-0.25, -0.2) is 19.7 Å². The number of hydrogen-bond acceptors (Lipinski definition) is 7. The lowest BCUT2D eigenvalue weighted by atomic mass is 9.86. The van der Waals surface area contributed by atoms with Crippen molar-refractivity contribution in [3.05, 3.63) is 84.4 Å². The third-order valence-corrected chi connectivity index (χ3v) is 6.42. The number of amides is 1. The molecule has 0 spiro atoms. The number of ether oxygens (including phenoxy) is 1. The Morgan fingerprint density at radius 1 is 1.06 bits per heavy atom. The Morgan fingerprint density at radius 3 is 2.24 bits per heavy atom. The van der Waals surface area contributed by atoms with E-state index in [9.17, 15) is 14.7 Å². The van der Waals surface area contributed by atoms with E-state index in [1.54, 1.807) is 48.5 Å². The van der Waals surface area contributed by atoms with Crippen molar-refractivity contribution in [2.75, 3.05) is 32.1 Å². The van der Waals surface area contributed by atoms with Crippen LogP contribution in [0.2, 0.25) is 0 Å². The van der Waals surface area contributed by atoms with Crippen LogP contribution in [-0.4, -0.2) is 69.2 Å². The number of hydrogen-bond donors (Lipinski definition) is 2. The predicted octanol–water partition coefficient (Wildman–Crippen LogP) is 1.90. The molecule has 2 aromatic carbocycles. The predicted molar refractivity (Wildman–Crippen MR) is 124 cm³/mol. The number of quaternary nitrogens is 1. The molecule has 1 aliphatic rings. The van der Waals surface area contributed by atoms with Crippen molar-refractivity contribution >= 4 is 17.8 Å². The fourth-order valence-electron chi connectivity index (χ4n) is 4.49. The van der Waals surface area contributed by atoms with Crippen LogP contribution in [0.3, 0.4) is 0 Å². The summed E-state index contributed by atoms with van der Waals surface area (Å²) in [6.07, 6.45) is 4.34. The molecule has 1 fully saturated rings. The number of likely N-dealkylation sites (N-methyl/N-ethyl adjacent to an activating group) is 1. The second-order valence-electron chi connectivity index (χ2n) is 8.71. The first-order valence-electron chi connectivity index (χ1n) is 11.2. The number of aliphatic hydroxyl groups is 1. The lowest BCUT2D eigenvalue weighted by Crippen LogP contribution is -2.54. The van der Waals surface area contributed by atoms with Gasteiger partial charge in [-0.05, 0) is 11.1 Å². The fourth-order valence-corrected chi connectivity index (χ4v) is 4.49. The molecule has 9 nitrogen and oxygen atoms in total. The van der Waals surface area contributed by atoms with Gasteiger partial charge in [0.25, 0.3) is 5.91 Å². The van der Waals surface area contributed by atoms with Crippen molar-refractivity contribution in [1.29, 1.82) is 0 Å². The molecule has 2 heterocycles. The Bertz CT molecular complexity index is 1070. The van der Waals surface area contributed by atoms with Gasteiger partial charge in [-0.1, -0.05) is 60.7 Å². The van der Waals surface area contributed by atoms with Crippen molar-refractivity contribution in [2.24, 2.45) is 0 Å². The van der Waals surface area contributed by atoms with E-state index in [1.807, 2.05) is 19.2 Å². The highest BCUT2D eigenvalue weighted by molar-refractivity contribution is 5.89. The van der Waals surface area contributed by atoms with E-state index in [0.717, 1.165) is 19.4 Å². The zero-order valence-electron chi connectivity index (χ0n) is 19.0. The van der Waals surface area contributed by atoms with E-state index in [2.05, 4.69) is 20.3 Å². The minimum atomic E-state index is -1.93. The van der Waals surface area contributed by atoms with Crippen LogP contribution in [0.5, 0.6) is 0 Å². The van der Waals surface area contributed by atoms with Crippen molar-refractivity contribution < 1.29 is 23.9 Å². The van der Waals surface area contributed by atoms with Crippen LogP contribution in [-0.2, 0) is 19.9 Å². The van der Waals surface area contributed by atoms with Crippen molar-refractivity contribution in [1.82, 2.24) is 15.0 Å². The summed E-state index contributed by atoms with van der Waals surface area (Å²) in [6, 6.07) is 17.5. The van der Waals surface area contributed by atoms with Crippen LogP contribution >= 0.6 is 0 Å². The average Bonchev–Trinajstić information content (AvgIpc) is 3.23. The van der Waals surface area contributed by atoms with E-state index in [0.29, 0.717) is 15.6 Å². The molecule has 0 radical (unpaired) electrons. The maximum absolute atomic E-state index is 13.3. The van der Waals surface area contributed by atoms with Crippen molar-refractivity contribution in [2.45, 2.75) is 24.5 Å². The van der Waals surface area contributed by atoms with Gasteiger partial charge in [-0.3, -0.25) is 10.1 Å². The molecule has 1 amide bonds. The van der Waals surface area contributed by atoms with Gasteiger partial charge in [0.2, 0.25) is 11.5 Å². The number of rotatable bonds is 8. The number of nitrogens with zero attached hydrogens (tertiary/aromatic N) is 4. The SMILES string of the molecule is C[N+]1(CC(=O)Nc2ncncn2)CCCC1COC(=O)C(O)(c1ccccc1)c1ccccc1. The van der Waals surface area contributed by atoms with E-state index in [4.69, 9.17) is 4.74 Å². The number of esters is 1. The number of carbonyl (C=O) groups is 2. The van der Waals surface area contributed by atoms with Crippen LogP contribution in [0.25, 0.3) is 0 Å². The highest BCUT2D eigenvalue weighted by Gasteiger charge is 2.45. The molecule has 0 aliphatic carbocycles. The Morgan fingerprint density at radius 2 is 1.65 bits per heavy atom. The van der Waals surface area contributed by atoms with Gasteiger partial charge in [0.05, 0.1) is 13.6 Å². The summed E-state index contributed by atoms with van der Waals surface area (Å²) < 4.78 is 6.14. The molecule has 2 unspecified atom stereocenters. The molecular weight excluding hydrogens is 434 g/mol. The third kappa shape index (κ3) is 4.95. The maximum Gasteiger partial charge on any atom is 0.347 e. The highest BCUT2D eigenvalue weighted by atomic mass is 16.6. The van der Waals surface area contributed by atoms with Crippen LogP contribution in [0.1, 0.15) is 24.0 Å². The van der Waals surface area contributed by atoms with Gasteiger partial charge in [-0.2, -0.15) is 0 Å². The summed E-state index contributed by atoms with van der Waals surface area (Å²) in [5.41, 5.74) is -1.06. The van der Waals surface area contributed by atoms with Crippen molar-refractivity contribution in [3.63, 3.8) is 0 Å². The molecule has 2 atom stereocenters. The Kier molecular flexibility index (Phi) is 6.95. The highest BCUT2D eigenvalue weighted by Crippen LogP contribution is 2.32. The minimum absolute atomic E-state index is 0.0798. The van der Waals surface area contributed by atoms with E-state index in [-0.39, 0.29) is 31.0 Å². The van der Waals surface area contributed by atoms with Crippen LogP contribution < -0.4 is 5.32 Å². The van der Waals surface area contributed by atoms with Gasteiger partial charge < -0.3 is 14.3 Å². The van der Waals surface area contributed by atoms with Gasteiger partial charge >= 0.3 is 5.97 Å². The number of likely N-dealkylation sites (tertiary alicyclic amines) is 1. The number of carbonyl (C=O) groups excluding carboxylic acids is 2. The number of aromatic nitrogens is 3. The smallest absolute Gasteiger partial charge is 0.347 e. The molecule has 9 heteroatoms. The molecule has 1 aromatic heterocycles. The Labute approximate surface area is 198 Å². The normalized spacial score (nSPS) is 20.0. The fraction of sp³-hybridized carbons (Fsp3) is 0.320. The van der Waals surface area contributed by atoms with Crippen LogP contribution in [0.4, 0.5) is 5.95 Å². The van der Waals surface area contributed by atoms with E-state index >= 15 is 0 Å². The standard InChI is InChI=1S/C25H27N5O4/c1-30(15-22(31)29-24-27-17-26-18-28-24)14-8-13-21(30)16-34-23(32)25(33,19-9-4-2-5-10-19)20-11-6-3-7-12-20/h2-7,9-12,17-18,21,33H,8,13-16H2,1H3/p+1. The second-order valence-corrected chi connectivity index (χ2v) is 8.71. The summed E-state index contributed by atoms with van der Waals surface area (Å²) in [5.74, 6) is -0.764. The van der Waals surface area contributed by atoms with Crippen LogP contribution in [0, 0.1) is 0 Å². The number of anilines is 1. The summed E-state index contributed by atoms with van der Waals surface area (Å²) in [4.78, 5) is 37.5. The molecule has 0 saturated carbocycles. The summed E-state index contributed by atoms with van der Waals surface area (Å²) in [7, 11) is 1.97. The molecule has 2 N–H and O–H groups in total. The molecule has 4 rings (SSSR count). The van der Waals surface area contributed by atoms with Crippen LogP contribution in [0.15, 0.2) is 73.3 Å². The monoisotopic (exact) mass is 462 g/mol. The molecule has 1 saturated heterocycles. The summed E-state index contributed by atoms with van der Waals surface area (Å²) in [6.45, 7) is 1.06. The topological polar surface area (TPSA) is 114 Å². The number of nitrogens with one attached hydrogen (secondary N) is 1. The van der Waals surface area contributed by atoms with Gasteiger partial charge in [0, 0.05) is 12.8 Å². The second kappa shape index (κ2) is 10.1. The zero-order valence-corrected chi connectivity index (χ0v) is 19.0. The molecular formula is C25H28N5O4+. The molecule has 3 aromatic rings. The number of benzene rings is 2. The Balaban J connectivity index is 1.46. The van der Waals surface area contributed by atoms with Gasteiger partial charge in [0.1, 0.15) is 25.3 Å². The first kappa shape index (κ1) is 23.5. The minimum Gasteiger partial charge on any atom is -0.457 e. The summed E-state index contributed by atoms with van der Waals surface area (Å²) in [5, 5.41) is 14.3. The lowest BCUT2D eigenvalue weighted by molar-refractivity contribution is -0.913. The van der Waals surface area contributed by atoms with Gasteiger partial charge in [-0.15, -0.1) is 0 Å². The largest absolute Gasteiger partial charge is 0.457 e. The van der Waals surface area contributed by atoms with Crippen molar-refractivity contribution in [3.8, 4) is 0 Å². The quantitative estimate of drug-likeness (QED) is 0.388. The van der Waals surface area contributed by atoms with Gasteiger partial charge in [0.15, 0.2) is 6.54 Å². The molecule has 1 aliphatic heterocycles. The molecule has 34 heavy (non-hydrogen) atoms. The van der Waals surface area contributed by atoms with E-state index < -0.39 is 11.6 Å². The molecule has 0 bridgehead atoms. The first-order valence-corrected chi connectivity index (χ1v) is 11.2. The average molecular weight is 463 g/mol. The zero-order chi connectivity index (χ0) is 24.0. The van der Waals surface area contributed by atoms with E-state index in [1.165, 1.54) is 12.7 Å². The first-order chi connectivity index (χ1) is 16.4. The summed E-state index contributed by atoms with van der Waals surface area (Å²) >= 11 is 0. The lowest BCUT2D eigenvalue weighted by Gasteiger charge is -2.35.